The van der Waals surface area contributed by atoms with Crippen LogP contribution in [0.3, 0.4) is 0 Å². The molecule has 5 nitrogen and oxygen atoms in total. The van der Waals surface area contributed by atoms with E-state index in [9.17, 15) is 9.59 Å². The molecule has 0 aliphatic carbocycles. The second-order valence-corrected chi connectivity index (χ2v) is 4.57. The summed E-state index contributed by atoms with van der Waals surface area (Å²) in [6.45, 7) is 0.230. The number of rotatable bonds is 3. The predicted molar refractivity (Wildman–Crippen MR) is 70.2 cm³/mol. The van der Waals surface area contributed by atoms with Crippen LogP contribution in [0.4, 0.5) is 4.79 Å². The Morgan fingerprint density at radius 3 is 2.89 bits per heavy atom. The van der Waals surface area contributed by atoms with Crippen molar-refractivity contribution in [1.29, 1.82) is 0 Å². The summed E-state index contributed by atoms with van der Waals surface area (Å²) in [6, 6.07) is 9.47. The molecule has 1 saturated heterocycles. The summed E-state index contributed by atoms with van der Waals surface area (Å²) < 4.78 is 5.11. The lowest BCUT2D eigenvalue weighted by molar-refractivity contribution is -0.121. The largest absolute Gasteiger partial charge is 0.445 e. The van der Waals surface area contributed by atoms with Crippen molar-refractivity contribution >= 4 is 12.0 Å². The zero-order valence-electron chi connectivity index (χ0n) is 10.7. The smallest absolute Gasteiger partial charge is 0.409 e. The Balaban J connectivity index is 1.76. The van der Waals surface area contributed by atoms with E-state index in [0.717, 1.165) is 24.8 Å². The minimum atomic E-state index is -0.504. The van der Waals surface area contributed by atoms with Crippen LogP contribution in [-0.4, -0.2) is 18.2 Å². The van der Waals surface area contributed by atoms with Crippen LogP contribution < -0.4 is 10.6 Å². The van der Waals surface area contributed by atoms with Crippen molar-refractivity contribution < 1.29 is 14.3 Å². The number of carbonyl (C=O) groups is 2. The molecule has 2 N–H and O–H groups in total. The summed E-state index contributed by atoms with van der Waals surface area (Å²) >= 11 is 0. The van der Waals surface area contributed by atoms with E-state index in [-0.39, 0.29) is 18.7 Å². The maximum absolute atomic E-state index is 11.6. The lowest BCUT2D eigenvalue weighted by atomic mass is 10.2. The van der Waals surface area contributed by atoms with Crippen molar-refractivity contribution in [2.45, 2.75) is 38.5 Å². The van der Waals surface area contributed by atoms with Crippen molar-refractivity contribution in [3.8, 4) is 0 Å². The van der Waals surface area contributed by atoms with Gasteiger partial charge < -0.3 is 15.4 Å². The molecule has 0 bridgehead atoms. The SMILES string of the molecule is O=C1CCCCC(NC(=O)OCc2ccccc2)N1. The molecule has 1 aliphatic heterocycles. The molecular weight excluding hydrogens is 244 g/mol. The van der Waals surface area contributed by atoms with Gasteiger partial charge in [0.05, 0.1) is 0 Å². The zero-order valence-corrected chi connectivity index (χ0v) is 10.7. The number of ether oxygens (including phenoxy) is 1. The normalized spacial score (nSPS) is 19.2. The number of amides is 2. The quantitative estimate of drug-likeness (QED) is 0.874. The van der Waals surface area contributed by atoms with Crippen LogP contribution in [0.1, 0.15) is 31.2 Å². The number of hydrogen-bond acceptors (Lipinski definition) is 3. The molecule has 5 heteroatoms. The lowest BCUT2D eigenvalue weighted by Gasteiger charge is -2.17. The van der Waals surface area contributed by atoms with Gasteiger partial charge in [-0.05, 0) is 24.8 Å². The molecule has 0 radical (unpaired) electrons. The molecule has 102 valence electrons. The highest BCUT2D eigenvalue weighted by Gasteiger charge is 2.18. The second-order valence-electron chi connectivity index (χ2n) is 4.57. The molecule has 0 aromatic heterocycles. The van der Waals surface area contributed by atoms with Gasteiger partial charge in [0.15, 0.2) is 0 Å². The maximum Gasteiger partial charge on any atom is 0.409 e. The standard InChI is InChI=1S/C14H18N2O3/c17-13-9-5-4-8-12(15-13)16-14(18)19-10-11-6-2-1-3-7-11/h1-3,6-7,12H,4-5,8-10H2,(H,15,17)(H,16,18). The van der Waals surface area contributed by atoms with Crippen LogP contribution in [0.2, 0.25) is 0 Å². The van der Waals surface area contributed by atoms with Gasteiger partial charge in [-0.3, -0.25) is 4.79 Å². The van der Waals surface area contributed by atoms with Gasteiger partial charge >= 0.3 is 6.09 Å². The van der Waals surface area contributed by atoms with Gasteiger partial charge in [-0.2, -0.15) is 0 Å². The highest BCUT2D eigenvalue weighted by atomic mass is 16.5. The predicted octanol–water partition coefficient (Wildman–Crippen LogP) is 1.93. The van der Waals surface area contributed by atoms with Crippen LogP contribution >= 0.6 is 0 Å². The Morgan fingerprint density at radius 1 is 1.32 bits per heavy atom. The molecule has 1 aromatic rings. The summed E-state index contributed by atoms with van der Waals surface area (Å²) in [6.07, 6.45) is 2.23. The van der Waals surface area contributed by atoms with Gasteiger partial charge in [-0.1, -0.05) is 30.3 Å². The number of carbonyl (C=O) groups excluding carboxylic acids is 2. The van der Waals surface area contributed by atoms with Crippen LogP contribution in [0.5, 0.6) is 0 Å². The average molecular weight is 262 g/mol. The molecule has 1 heterocycles. The van der Waals surface area contributed by atoms with Gasteiger partial charge in [-0.25, -0.2) is 4.79 Å². The topological polar surface area (TPSA) is 67.4 Å². The number of alkyl carbamates (subject to hydrolysis) is 1. The summed E-state index contributed by atoms with van der Waals surface area (Å²) in [5.74, 6) is -0.0224. The monoisotopic (exact) mass is 262 g/mol. The molecular formula is C14H18N2O3. The molecule has 1 atom stereocenters. The van der Waals surface area contributed by atoms with Crippen molar-refractivity contribution in [3.63, 3.8) is 0 Å². The van der Waals surface area contributed by atoms with Crippen molar-refractivity contribution in [3.05, 3.63) is 35.9 Å². The Morgan fingerprint density at radius 2 is 2.11 bits per heavy atom. The van der Waals surface area contributed by atoms with E-state index in [1.54, 1.807) is 0 Å². The Kier molecular flexibility index (Phi) is 4.78. The number of benzene rings is 1. The molecule has 1 aromatic carbocycles. The van der Waals surface area contributed by atoms with Crippen molar-refractivity contribution in [2.24, 2.45) is 0 Å². The highest BCUT2D eigenvalue weighted by Crippen LogP contribution is 2.08. The van der Waals surface area contributed by atoms with Gasteiger partial charge in [-0.15, -0.1) is 0 Å². The summed E-state index contributed by atoms with van der Waals surface area (Å²) in [4.78, 5) is 23.0. The molecule has 0 spiro atoms. The summed E-state index contributed by atoms with van der Waals surface area (Å²) in [5.41, 5.74) is 0.933. The zero-order chi connectivity index (χ0) is 13.5. The molecule has 2 amide bonds. The van der Waals surface area contributed by atoms with Gasteiger partial charge in [0, 0.05) is 6.42 Å². The average Bonchev–Trinajstić information content (AvgIpc) is 2.62. The van der Waals surface area contributed by atoms with E-state index in [1.165, 1.54) is 0 Å². The van der Waals surface area contributed by atoms with E-state index in [4.69, 9.17) is 4.74 Å². The first-order valence-electron chi connectivity index (χ1n) is 6.50. The molecule has 19 heavy (non-hydrogen) atoms. The Hall–Kier alpha value is -2.04. The van der Waals surface area contributed by atoms with Crippen molar-refractivity contribution in [1.82, 2.24) is 10.6 Å². The highest BCUT2D eigenvalue weighted by molar-refractivity contribution is 5.77. The third-order valence-corrected chi connectivity index (χ3v) is 2.99. The first kappa shape index (κ1) is 13.4. The van der Waals surface area contributed by atoms with Crippen LogP contribution in [0, 0.1) is 0 Å². The summed E-state index contributed by atoms with van der Waals surface area (Å²) in [7, 11) is 0. The van der Waals surface area contributed by atoms with E-state index in [0.29, 0.717) is 6.42 Å². The molecule has 1 aliphatic rings. The Labute approximate surface area is 112 Å². The lowest BCUT2D eigenvalue weighted by Crippen LogP contribution is -2.46. The van der Waals surface area contributed by atoms with Gasteiger partial charge in [0.2, 0.25) is 5.91 Å². The minimum absolute atomic E-state index is 0.0224. The maximum atomic E-state index is 11.6. The fraction of sp³-hybridized carbons (Fsp3) is 0.429. The van der Waals surface area contributed by atoms with Crippen LogP contribution in [0.15, 0.2) is 30.3 Å². The van der Waals surface area contributed by atoms with Gasteiger partial charge in [0.1, 0.15) is 12.8 Å². The van der Waals surface area contributed by atoms with E-state index in [1.807, 2.05) is 30.3 Å². The van der Waals surface area contributed by atoms with Gasteiger partial charge in [0.25, 0.3) is 0 Å². The van der Waals surface area contributed by atoms with E-state index < -0.39 is 6.09 Å². The number of nitrogens with one attached hydrogen (secondary N) is 2. The second kappa shape index (κ2) is 6.78. The third-order valence-electron chi connectivity index (χ3n) is 2.99. The first-order chi connectivity index (χ1) is 9.24. The molecule has 1 unspecified atom stereocenters. The van der Waals surface area contributed by atoms with Crippen LogP contribution in [-0.2, 0) is 16.1 Å². The van der Waals surface area contributed by atoms with E-state index in [2.05, 4.69) is 10.6 Å². The molecule has 2 rings (SSSR count). The molecule has 0 saturated carbocycles. The Bertz CT molecular complexity index is 434. The van der Waals surface area contributed by atoms with E-state index >= 15 is 0 Å². The minimum Gasteiger partial charge on any atom is -0.445 e. The van der Waals surface area contributed by atoms with Crippen molar-refractivity contribution in [2.75, 3.05) is 0 Å². The fourth-order valence-corrected chi connectivity index (χ4v) is 1.99. The first-order valence-corrected chi connectivity index (χ1v) is 6.50. The molecule has 1 fully saturated rings. The number of hydrogen-bond donors (Lipinski definition) is 2. The summed E-state index contributed by atoms with van der Waals surface area (Å²) in [5, 5.41) is 5.42. The van der Waals surface area contributed by atoms with Crippen LogP contribution in [0.25, 0.3) is 0 Å². The third kappa shape index (κ3) is 4.62. The fourth-order valence-electron chi connectivity index (χ4n) is 1.99.